The van der Waals surface area contributed by atoms with Gasteiger partial charge in [-0.25, -0.2) is 4.39 Å². The van der Waals surface area contributed by atoms with E-state index >= 15 is 0 Å². The van der Waals surface area contributed by atoms with E-state index in [-0.39, 0.29) is 12.3 Å². The van der Waals surface area contributed by atoms with E-state index in [2.05, 4.69) is 10.2 Å². The molecule has 1 unspecified atom stereocenters. The largest absolute Gasteiger partial charge is 0.491 e. The number of aromatic nitrogens is 1. The number of ether oxygens (including phenoxy) is 1. The van der Waals surface area contributed by atoms with Crippen molar-refractivity contribution in [2.75, 3.05) is 6.61 Å². The molecule has 3 aromatic rings. The summed E-state index contributed by atoms with van der Waals surface area (Å²) >= 11 is 0. The number of pyridine rings is 1. The molecule has 0 aliphatic heterocycles. The highest BCUT2D eigenvalue weighted by Crippen LogP contribution is 2.28. The zero-order valence-corrected chi connectivity index (χ0v) is 14.6. The smallest absolute Gasteiger partial charge is 0.131 e. The molecule has 3 rings (SSSR count). The van der Waals surface area contributed by atoms with Gasteiger partial charge in [-0.2, -0.15) is 0 Å². The van der Waals surface area contributed by atoms with Crippen molar-refractivity contribution in [2.24, 2.45) is 5.18 Å². The van der Waals surface area contributed by atoms with Crippen molar-refractivity contribution >= 4 is 5.69 Å². The molecule has 1 N–H and O–H groups in total. The Hall–Kier alpha value is -3.12. The van der Waals surface area contributed by atoms with Gasteiger partial charge in [-0.05, 0) is 71.6 Å². The summed E-state index contributed by atoms with van der Waals surface area (Å²) < 4.78 is 19.6. The molecule has 27 heavy (non-hydrogen) atoms. The van der Waals surface area contributed by atoms with Crippen LogP contribution in [-0.4, -0.2) is 22.8 Å². The SMILES string of the molecule is O=Nc1ccc(F)c(-c2ccc(OCC(O)CCc3ccncc3)cc2)c1. The zero-order chi connectivity index (χ0) is 19.1. The Labute approximate surface area is 156 Å². The first-order valence-electron chi connectivity index (χ1n) is 8.59. The van der Waals surface area contributed by atoms with Crippen LogP contribution in [0.2, 0.25) is 0 Å². The Bertz CT molecular complexity index is 886. The Balaban J connectivity index is 1.55. The second-order valence-electron chi connectivity index (χ2n) is 6.14. The van der Waals surface area contributed by atoms with E-state index in [1.165, 1.54) is 18.2 Å². The lowest BCUT2D eigenvalue weighted by Crippen LogP contribution is -2.18. The number of rotatable bonds is 8. The third-order valence-electron chi connectivity index (χ3n) is 4.18. The van der Waals surface area contributed by atoms with E-state index in [1.54, 1.807) is 36.7 Å². The molecule has 1 atom stereocenters. The third kappa shape index (κ3) is 5.18. The summed E-state index contributed by atoms with van der Waals surface area (Å²) in [6.07, 6.45) is 4.18. The molecule has 2 aromatic carbocycles. The minimum atomic E-state index is -0.592. The maximum absolute atomic E-state index is 14.0. The molecule has 0 spiro atoms. The number of aryl methyl sites for hydroxylation is 1. The van der Waals surface area contributed by atoms with Crippen molar-refractivity contribution in [3.63, 3.8) is 0 Å². The van der Waals surface area contributed by atoms with Gasteiger partial charge in [-0.3, -0.25) is 4.98 Å². The van der Waals surface area contributed by atoms with E-state index in [1.807, 2.05) is 12.1 Å². The van der Waals surface area contributed by atoms with Crippen molar-refractivity contribution in [1.82, 2.24) is 4.98 Å². The quantitative estimate of drug-likeness (QED) is 0.589. The van der Waals surface area contributed by atoms with Crippen LogP contribution in [0.5, 0.6) is 5.75 Å². The van der Waals surface area contributed by atoms with Gasteiger partial charge in [0.1, 0.15) is 23.9 Å². The van der Waals surface area contributed by atoms with Crippen LogP contribution in [0, 0.1) is 10.7 Å². The molecule has 0 bridgehead atoms. The van der Waals surface area contributed by atoms with Crippen LogP contribution in [0.25, 0.3) is 11.1 Å². The number of halogens is 1. The van der Waals surface area contributed by atoms with Crippen LogP contribution in [-0.2, 0) is 6.42 Å². The van der Waals surface area contributed by atoms with Crippen molar-refractivity contribution in [2.45, 2.75) is 18.9 Å². The second-order valence-corrected chi connectivity index (χ2v) is 6.14. The lowest BCUT2D eigenvalue weighted by molar-refractivity contribution is 0.100. The highest BCUT2D eigenvalue weighted by molar-refractivity contribution is 5.68. The van der Waals surface area contributed by atoms with Gasteiger partial charge in [0.25, 0.3) is 0 Å². The lowest BCUT2D eigenvalue weighted by Gasteiger charge is -2.13. The highest BCUT2D eigenvalue weighted by atomic mass is 19.1. The average Bonchev–Trinajstić information content (AvgIpc) is 2.72. The molecule has 1 heterocycles. The summed E-state index contributed by atoms with van der Waals surface area (Å²) in [5.74, 6) is 0.148. The van der Waals surface area contributed by atoms with E-state index in [4.69, 9.17) is 4.74 Å². The third-order valence-corrected chi connectivity index (χ3v) is 4.18. The van der Waals surface area contributed by atoms with Crippen molar-refractivity contribution in [3.05, 3.63) is 83.3 Å². The number of benzene rings is 2. The molecule has 5 nitrogen and oxygen atoms in total. The summed E-state index contributed by atoms with van der Waals surface area (Å²) in [5, 5.41) is 12.9. The Morgan fingerprint density at radius 1 is 1.07 bits per heavy atom. The summed E-state index contributed by atoms with van der Waals surface area (Å²) in [6, 6.07) is 14.6. The fourth-order valence-corrected chi connectivity index (χ4v) is 2.68. The van der Waals surface area contributed by atoms with Crippen LogP contribution in [0.4, 0.5) is 10.1 Å². The van der Waals surface area contributed by atoms with Crippen LogP contribution >= 0.6 is 0 Å². The van der Waals surface area contributed by atoms with Gasteiger partial charge in [-0.1, -0.05) is 12.1 Å². The Kier molecular flexibility index (Phi) is 6.22. The maximum Gasteiger partial charge on any atom is 0.131 e. The number of nitroso groups, excluding NO2 is 1. The number of aliphatic hydroxyl groups is 1. The summed E-state index contributed by atoms with van der Waals surface area (Å²) in [6.45, 7) is 0.170. The highest BCUT2D eigenvalue weighted by Gasteiger charge is 2.09. The molecular formula is C21H19FN2O3. The van der Waals surface area contributed by atoms with Crippen LogP contribution in [0.3, 0.4) is 0 Å². The fourth-order valence-electron chi connectivity index (χ4n) is 2.68. The van der Waals surface area contributed by atoms with E-state index in [0.29, 0.717) is 23.3 Å². The minimum absolute atomic E-state index is 0.170. The molecule has 0 radical (unpaired) electrons. The first kappa shape index (κ1) is 18.7. The Morgan fingerprint density at radius 2 is 1.81 bits per heavy atom. The normalized spacial score (nSPS) is 11.8. The van der Waals surface area contributed by atoms with Crippen molar-refractivity contribution < 1.29 is 14.2 Å². The first-order valence-corrected chi connectivity index (χ1v) is 8.59. The van der Waals surface area contributed by atoms with Gasteiger partial charge < -0.3 is 9.84 Å². The molecule has 0 saturated heterocycles. The predicted molar refractivity (Wildman–Crippen MR) is 101 cm³/mol. The van der Waals surface area contributed by atoms with Gasteiger partial charge in [0.05, 0.1) is 6.10 Å². The van der Waals surface area contributed by atoms with Crippen LogP contribution < -0.4 is 4.74 Å². The van der Waals surface area contributed by atoms with Crippen LogP contribution in [0.1, 0.15) is 12.0 Å². The molecule has 0 saturated carbocycles. The predicted octanol–water partition coefficient (Wildman–Crippen LogP) is 4.66. The van der Waals surface area contributed by atoms with Gasteiger partial charge in [0.2, 0.25) is 0 Å². The molecule has 1 aromatic heterocycles. The zero-order valence-electron chi connectivity index (χ0n) is 14.6. The summed E-state index contributed by atoms with van der Waals surface area (Å²) in [7, 11) is 0. The van der Waals surface area contributed by atoms with Gasteiger partial charge >= 0.3 is 0 Å². The molecule has 138 valence electrons. The van der Waals surface area contributed by atoms with E-state index in [0.717, 1.165) is 12.0 Å². The number of nitrogens with zero attached hydrogens (tertiary/aromatic N) is 2. The molecular weight excluding hydrogens is 347 g/mol. The first-order chi connectivity index (χ1) is 13.2. The molecule has 6 heteroatoms. The molecule has 0 fully saturated rings. The number of hydrogen-bond donors (Lipinski definition) is 1. The minimum Gasteiger partial charge on any atom is -0.491 e. The van der Waals surface area contributed by atoms with Crippen molar-refractivity contribution in [1.29, 1.82) is 0 Å². The summed E-state index contributed by atoms with van der Waals surface area (Å²) in [5.41, 5.74) is 2.20. The average molecular weight is 366 g/mol. The lowest BCUT2D eigenvalue weighted by atomic mass is 10.0. The van der Waals surface area contributed by atoms with E-state index in [9.17, 15) is 14.4 Å². The van der Waals surface area contributed by atoms with Gasteiger partial charge in [0.15, 0.2) is 0 Å². The standard InChI is InChI=1S/C21H19FN2O3/c22-21-8-4-17(24-26)13-20(21)16-2-6-19(7-3-16)27-14-18(25)5-1-15-9-11-23-12-10-15/h2-4,6-13,18,25H,1,5,14H2. The fraction of sp³-hybridized carbons (Fsp3) is 0.190. The van der Waals surface area contributed by atoms with E-state index < -0.39 is 11.9 Å². The topological polar surface area (TPSA) is 71.8 Å². The van der Waals surface area contributed by atoms with Crippen molar-refractivity contribution in [3.8, 4) is 16.9 Å². The van der Waals surface area contributed by atoms with Gasteiger partial charge in [0, 0.05) is 18.0 Å². The number of aliphatic hydroxyl groups excluding tert-OH is 1. The second kappa shape index (κ2) is 9.00. The van der Waals surface area contributed by atoms with Crippen LogP contribution in [0.15, 0.2) is 72.2 Å². The number of hydrogen-bond acceptors (Lipinski definition) is 5. The molecule has 0 aliphatic rings. The summed E-state index contributed by atoms with van der Waals surface area (Å²) in [4.78, 5) is 14.6. The Morgan fingerprint density at radius 3 is 2.52 bits per heavy atom. The van der Waals surface area contributed by atoms with Gasteiger partial charge in [-0.15, -0.1) is 4.91 Å². The molecule has 0 aliphatic carbocycles. The maximum atomic E-state index is 14.0. The molecule has 0 amide bonds. The monoisotopic (exact) mass is 366 g/mol.